The van der Waals surface area contributed by atoms with Gasteiger partial charge in [-0.15, -0.1) is 0 Å². The maximum atomic E-state index is 12.4. The molecule has 130 valence electrons. The molecule has 0 heterocycles. The Labute approximate surface area is 146 Å². The van der Waals surface area contributed by atoms with Crippen molar-refractivity contribution in [2.24, 2.45) is 0 Å². The predicted octanol–water partition coefficient (Wildman–Crippen LogP) is 2.84. The molecule has 0 unspecified atom stereocenters. The Kier molecular flexibility index (Phi) is 5.89. The molecule has 3 N–H and O–H groups in total. The van der Waals surface area contributed by atoms with E-state index in [0.717, 1.165) is 11.1 Å². The number of carbonyl (C=O) groups is 3. The Balaban J connectivity index is 2.18. The molecule has 2 aromatic rings. The average Bonchev–Trinajstić information content (AvgIpc) is 2.51. The Hall–Kier alpha value is -3.15. The molecule has 0 saturated carbocycles. The molecular weight excluding hydrogens is 318 g/mol. The van der Waals surface area contributed by atoms with Crippen LogP contribution in [0.4, 0.5) is 11.4 Å². The Morgan fingerprint density at radius 1 is 0.880 bits per heavy atom. The van der Waals surface area contributed by atoms with E-state index in [1.54, 1.807) is 18.2 Å². The topological polar surface area (TPSA) is 87.3 Å². The quantitative estimate of drug-likeness (QED) is 0.783. The van der Waals surface area contributed by atoms with E-state index in [2.05, 4.69) is 16.0 Å². The van der Waals surface area contributed by atoms with Gasteiger partial charge in [0.2, 0.25) is 11.8 Å². The molecule has 0 aliphatic rings. The second kappa shape index (κ2) is 8.10. The van der Waals surface area contributed by atoms with Gasteiger partial charge in [0.15, 0.2) is 0 Å². The third-order valence-corrected chi connectivity index (χ3v) is 3.37. The second-order valence-corrected chi connectivity index (χ2v) is 5.83. The van der Waals surface area contributed by atoms with Crippen LogP contribution in [-0.4, -0.2) is 17.7 Å². The zero-order valence-corrected chi connectivity index (χ0v) is 14.5. The molecule has 0 atom stereocenters. The first-order valence-corrected chi connectivity index (χ1v) is 7.87. The molecule has 6 heteroatoms. The molecule has 0 bridgehead atoms. The standard InChI is InChI=1S/C19H21N3O3/c1-12-5-4-6-15(7-12)11-20-19(25)16-8-17(21-13(2)23)10-18(9-16)22-14(3)24/h4-10H,11H2,1-3H3,(H,20,25)(H,21,23)(H,22,24). The number of aryl methyl sites for hydroxylation is 1. The van der Waals surface area contributed by atoms with Crippen molar-refractivity contribution in [2.75, 3.05) is 10.6 Å². The second-order valence-electron chi connectivity index (χ2n) is 5.83. The number of rotatable bonds is 5. The van der Waals surface area contributed by atoms with Crippen molar-refractivity contribution < 1.29 is 14.4 Å². The fourth-order valence-corrected chi connectivity index (χ4v) is 2.42. The summed E-state index contributed by atoms with van der Waals surface area (Å²) in [4.78, 5) is 35.0. The molecular formula is C19H21N3O3. The van der Waals surface area contributed by atoms with E-state index in [9.17, 15) is 14.4 Å². The zero-order chi connectivity index (χ0) is 18.4. The van der Waals surface area contributed by atoms with Crippen molar-refractivity contribution >= 4 is 29.1 Å². The van der Waals surface area contributed by atoms with Crippen LogP contribution in [0.2, 0.25) is 0 Å². The summed E-state index contributed by atoms with van der Waals surface area (Å²) in [5.41, 5.74) is 3.35. The van der Waals surface area contributed by atoms with E-state index < -0.39 is 0 Å². The normalized spacial score (nSPS) is 10.0. The van der Waals surface area contributed by atoms with Crippen LogP contribution in [0, 0.1) is 6.92 Å². The van der Waals surface area contributed by atoms with Crippen LogP contribution < -0.4 is 16.0 Å². The molecule has 6 nitrogen and oxygen atoms in total. The number of hydrogen-bond acceptors (Lipinski definition) is 3. The van der Waals surface area contributed by atoms with Crippen molar-refractivity contribution in [1.82, 2.24) is 5.32 Å². The van der Waals surface area contributed by atoms with Crippen molar-refractivity contribution in [1.29, 1.82) is 0 Å². The van der Waals surface area contributed by atoms with Gasteiger partial charge in [-0.25, -0.2) is 0 Å². The van der Waals surface area contributed by atoms with Crippen LogP contribution in [0.1, 0.15) is 35.3 Å². The zero-order valence-electron chi connectivity index (χ0n) is 14.5. The van der Waals surface area contributed by atoms with Gasteiger partial charge in [-0.3, -0.25) is 14.4 Å². The molecule has 25 heavy (non-hydrogen) atoms. The van der Waals surface area contributed by atoms with Crippen LogP contribution in [0.15, 0.2) is 42.5 Å². The molecule has 2 aromatic carbocycles. The fraction of sp³-hybridized carbons (Fsp3) is 0.211. The van der Waals surface area contributed by atoms with E-state index >= 15 is 0 Å². The van der Waals surface area contributed by atoms with E-state index in [1.807, 2.05) is 31.2 Å². The fourth-order valence-electron chi connectivity index (χ4n) is 2.42. The van der Waals surface area contributed by atoms with Crippen molar-refractivity contribution in [2.45, 2.75) is 27.3 Å². The monoisotopic (exact) mass is 339 g/mol. The molecule has 3 amide bonds. The third-order valence-electron chi connectivity index (χ3n) is 3.37. The maximum Gasteiger partial charge on any atom is 0.251 e. The van der Waals surface area contributed by atoms with Crippen molar-refractivity contribution in [3.8, 4) is 0 Å². The van der Waals surface area contributed by atoms with Gasteiger partial charge in [-0.1, -0.05) is 29.8 Å². The molecule has 0 aliphatic heterocycles. The summed E-state index contributed by atoms with van der Waals surface area (Å²) in [6, 6.07) is 12.6. The first kappa shape index (κ1) is 18.2. The van der Waals surface area contributed by atoms with E-state index in [-0.39, 0.29) is 17.7 Å². The smallest absolute Gasteiger partial charge is 0.251 e. The summed E-state index contributed by atoms with van der Waals surface area (Å²) < 4.78 is 0. The van der Waals surface area contributed by atoms with Crippen LogP contribution in [-0.2, 0) is 16.1 Å². The minimum absolute atomic E-state index is 0.258. The summed E-state index contributed by atoms with van der Waals surface area (Å²) in [7, 11) is 0. The number of nitrogens with one attached hydrogen (secondary N) is 3. The number of hydrogen-bond donors (Lipinski definition) is 3. The highest BCUT2D eigenvalue weighted by molar-refractivity contribution is 5.99. The lowest BCUT2D eigenvalue weighted by Crippen LogP contribution is -2.23. The molecule has 0 fully saturated rings. The molecule has 0 saturated heterocycles. The number of anilines is 2. The van der Waals surface area contributed by atoms with Gasteiger partial charge >= 0.3 is 0 Å². The largest absolute Gasteiger partial charge is 0.348 e. The van der Waals surface area contributed by atoms with Crippen LogP contribution in [0.3, 0.4) is 0 Å². The molecule has 0 radical (unpaired) electrons. The number of benzene rings is 2. The van der Waals surface area contributed by atoms with Gasteiger partial charge in [0.05, 0.1) is 0 Å². The van der Waals surface area contributed by atoms with Crippen molar-refractivity contribution in [3.63, 3.8) is 0 Å². The maximum absolute atomic E-state index is 12.4. The predicted molar refractivity (Wildman–Crippen MR) is 97.4 cm³/mol. The Bertz CT molecular complexity index is 781. The van der Waals surface area contributed by atoms with Gasteiger partial charge in [-0.05, 0) is 30.7 Å². The van der Waals surface area contributed by atoms with Gasteiger partial charge < -0.3 is 16.0 Å². The highest BCUT2D eigenvalue weighted by Gasteiger charge is 2.10. The lowest BCUT2D eigenvalue weighted by molar-refractivity contribution is -0.115. The van der Waals surface area contributed by atoms with Gasteiger partial charge in [0, 0.05) is 37.3 Å². The Morgan fingerprint density at radius 2 is 1.48 bits per heavy atom. The van der Waals surface area contributed by atoms with Crippen LogP contribution >= 0.6 is 0 Å². The minimum Gasteiger partial charge on any atom is -0.348 e. The summed E-state index contributed by atoms with van der Waals surface area (Å²) in [5.74, 6) is -0.808. The molecule has 2 rings (SSSR count). The van der Waals surface area contributed by atoms with E-state index in [4.69, 9.17) is 0 Å². The summed E-state index contributed by atoms with van der Waals surface area (Å²) in [6.45, 7) is 5.13. The van der Waals surface area contributed by atoms with Crippen LogP contribution in [0.5, 0.6) is 0 Å². The Morgan fingerprint density at radius 3 is 2.00 bits per heavy atom. The third kappa shape index (κ3) is 5.76. The lowest BCUT2D eigenvalue weighted by atomic mass is 10.1. The molecule has 0 aliphatic carbocycles. The highest BCUT2D eigenvalue weighted by Crippen LogP contribution is 2.19. The summed E-state index contributed by atoms with van der Waals surface area (Å²) in [5, 5.41) is 8.09. The van der Waals surface area contributed by atoms with Gasteiger partial charge in [0.25, 0.3) is 5.91 Å². The average molecular weight is 339 g/mol. The number of amides is 3. The van der Waals surface area contributed by atoms with E-state index in [1.165, 1.54) is 13.8 Å². The minimum atomic E-state index is -0.291. The first-order chi connectivity index (χ1) is 11.8. The number of carbonyl (C=O) groups excluding carboxylic acids is 3. The van der Waals surface area contributed by atoms with Crippen LogP contribution in [0.25, 0.3) is 0 Å². The van der Waals surface area contributed by atoms with Gasteiger partial charge in [-0.2, -0.15) is 0 Å². The molecule has 0 aromatic heterocycles. The van der Waals surface area contributed by atoms with Crippen molar-refractivity contribution in [3.05, 3.63) is 59.2 Å². The summed E-state index contributed by atoms with van der Waals surface area (Å²) >= 11 is 0. The first-order valence-electron chi connectivity index (χ1n) is 7.87. The molecule has 0 spiro atoms. The lowest BCUT2D eigenvalue weighted by Gasteiger charge is -2.11. The summed E-state index contributed by atoms with van der Waals surface area (Å²) in [6.07, 6.45) is 0. The highest BCUT2D eigenvalue weighted by atomic mass is 16.2. The SMILES string of the molecule is CC(=O)Nc1cc(NC(C)=O)cc(C(=O)NCc2cccc(C)c2)c1. The van der Waals surface area contributed by atoms with E-state index in [0.29, 0.717) is 23.5 Å². The van der Waals surface area contributed by atoms with Gasteiger partial charge in [0.1, 0.15) is 0 Å².